The average molecular weight is 684 g/mol. The zero-order valence-electron chi connectivity index (χ0n) is 28.0. The Balaban J connectivity index is 1.41. The number of hydrogen-bond donors (Lipinski definition) is 3. The molecule has 1 aliphatic carbocycles. The van der Waals surface area contributed by atoms with Crippen LogP contribution >= 0.6 is 0 Å². The molecule has 3 N–H and O–H groups in total. The molecule has 0 amide bonds. The van der Waals surface area contributed by atoms with Gasteiger partial charge in [-0.3, -0.25) is 4.79 Å². The predicted octanol–water partition coefficient (Wildman–Crippen LogP) is 5.22. The van der Waals surface area contributed by atoms with E-state index in [0.29, 0.717) is 56.3 Å². The second-order valence-corrected chi connectivity index (χ2v) is 12.3. The third-order valence-corrected chi connectivity index (χ3v) is 8.88. The van der Waals surface area contributed by atoms with Crippen LogP contribution in [0.3, 0.4) is 0 Å². The van der Waals surface area contributed by atoms with E-state index in [1.165, 1.54) is 12.7 Å². The van der Waals surface area contributed by atoms with Crippen LogP contribution in [0.2, 0.25) is 0 Å². The standard InChI is InChI=1S/C37H49NO11/c1-3-35(42)49-37(34(46-2)23-24-47-38(44)45)27-16-20-29(21-17-27)48-36(43)14-10-5-4-9-13-30-31(33(41)25-32(30)40)22-19-28(39)18-15-26-11-7-6-8-12-26/h3-4,6-9,11-12,16-17,20-21,28,30-34,37,39-41H,1,5,10,13-15,18-19,22-25H2,2H3/b9-4+. The number of rotatable bonds is 22. The van der Waals surface area contributed by atoms with Gasteiger partial charge in [-0.25, -0.2) is 4.79 Å². The first kappa shape index (κ1) is 39.3. The number of aliphatic hydroxyl groups excluding tert-OH is 3. The fourth-order valence-corrected chi connectivity index (χ4v) is 6.22. The van der Waals surface area contributed by atoms with Crippen molar-refractivity contribution >= 4 is 11.9 Å². The van der Waals surface area contributed by atoms with E-state index >= 15 is 0 Å². The summed E-state index contributed by atoms with van der Waals surface area (Å²) >= 11 is 0. The van der Waals surface area contributed by atoms with E-state index in [1.54, 1.807) is 24.3 Å². The first-order valence-corrected chi connectivity index (χ1v) is 16.8. The van der Waals surface area contributed by atoms with Gasteiger partial charge in [0.2, 0.25) is 0 Å². The van der Waals surface area contributed by atoms with E-state index in [9.17, 15) is 35.0 Å². The van der Waals surface area contributed by atoms with E-state index in [4.69, 9.17) is 14.2 Å². The van der Waals surface area contributed by atoms with Crippen LogP contribution in [-0.4, -0.2) is 70.5 Å². The van der Waals surface area contributed by atoms with Crippen molar-refractivity contribution in [3.05, 3.63) is 101 Å². The number of carbonyl (C=O) groups excluding carboxylic acids is 2. The zero-order chi connectivity index (χ0) is 35.6. The topological polar surface area (TPSA) is 175 Å². The minimum atomic E-state index is -0.914. The molecule has 0 saturated heterocycles. The Kier molecular flexibility index (Phi) is 16.9. The van der Waals surface area contributed by atoms with Crippen molar-refractivity contribution in [1.82, 2.24) is 0 Å². The lowest BCUT2D eigenvalue weighted by Gasteiger charge is -2.26. The highest BCUT2D eigenvalue weighted by Crippen LogP contribution is 2.38. The molecule has 0 bridgehead atoms. The molecular weight excluding hydrogens is 634 g/mol. The first-order chi connectivity index (χ1) is 23.6. The minimum Gasteiger partial charge on any atom is -0.452 e. The molecule has 0 aliphatic heterocycles. The fraction of sp³-hybridized carbons (Fsp3) is 0.514. The van der Waals surface area contributed by atoms with Gasteiger partial charge in [0, 0.05) is 26.0 Å². The lowest BCUT2D eigenvalue weighted by atomic mass is 9.85. The third kappa shape index (κ3) is 13.7. The largest absolute Gasteiger partial charge is 0.452 e. The Morgan fingerprint density at radius 2 is 1.73 bits per heavy atom. The number of nitrogens with zero attached hydrogens (tertiary/aromatic N) is 1. The molecule has 268 valence electrons. The molecule has 1 fully saturated rings. The Bertz CT molecular complexity index is 1330. The smallest absolute Gasteiger partial charge is 0.330 e. The van der Waals surface area contributed by atoms with Gasteiger partial charge < -0.3 is 34.4 Å². The SMILES string of the molecule is C=CC(=O)OC(c1ccc(OC(=O)CCC/C=C/CC2C(O)CC(O)C2CCC(O)CCc2ccccc2)cc1)C(CCO[N+](=O)[O-])OC. The second-order valence-electron chi connectivity index (χ2n) is 12.3. The minimum absolute atomic E-state index is 0.0707. The Hall–Kier alpha value is -4.10. The summed E-state index contributed by atoms with van der Waals surface area (Å²) < 4.78 is 16.3. The third-order valence-electron chi connectivity index (χ3n) is 8.88. The predicted molar refractivity (Wildman–Crippen MR) is 181 cm³/mol. The summed E-state index contributed by atoms with van der Waals surface area (Å²) in [5.74, 6) is -0.987. The van der Waals surface area contributed by atoms with Crippen LogP contribution in [0, 0.1) is 22.0 Å². The zero-order valence-corrected chi connectivity index (χ0v) is 28.0. The number of carbonyl (C=O) groups is 2. The van der Waals surface area contributed by atoms with Gasteiger partial charge in [-0.2, -0.15) is 0 Å². The van der Waals surface area contributed by atoms with E-state index < -0.39 is 47.5 Å². The van der Waals surface area contributed by atoms with Crippen LogP contribution < -0.4 is 4.74 Å². The van der Waals surface area contributed by atoms with Crippen molar-refractivity contribution in [2.45, 2.75) is 94.7 Å². The maximum Gasteiger partial charge on any atom is 0.330 e. The Morgan fingerprint density at radius 3 is 2.41 bits per heavy atom. The van der Waals surface area contributed by atoms with Crippen molar-refractivity contribution in [2.24, 2.45) is 11.8 Å². The van der Waals surface area contributed by atoms with Crippen LogP contribution in [0.5, 0.6) is 5.75 Å². The van der Waals surface area contributed by atoms with Gasteiger partial charge in [0.25, 0.3) is 5.09 Å². The van der Waals surface area contributed by atoms with Gasteiger partial charge in [-0.05, 0) is 86.5 Å². The van der Waals surface area contributed by atoms with Crippen LogP contribution in [0.15, 0.2) is 79.4 Å². The van der Waals surface area contributed by atoms with Crippen LogP contribution in [0.4, 0.5) is 0 Å². The van der Waals surface area contributed by atoms with Crippen molar-refractivity contribution in [3.8, 4) is 5.75 Å². The summed E-state index contributed by atoms with van der Waals surface area (Å²) in [6, 6.07) is 16.4. The summed E-state index contributed by atoms with van der Waals surface area (Å²) in [4.78, 5) is 39.3. The molecule has 1 aliphatic rings. The average Bonchev–Trinajstić information content (AvgIpc) is 3.36. The Morgan fingerprint density at radius 1 is 1.02 bits per heavy atom. The molecule has 7 atom stereocenters. The monoisotopic (exact) mass is 683 g/mol. The number of aryl methyl sites for hydroxylation is 1. The summed E-state index contributed by atoms with van der Waals surface area (Å²) in [6.07, 6.45) is 6.70. The number of benzene rings is 2. The molecule has 3 rings (SSSR count). The number of allylic oxidation sites excluding steroid dienone is 2. The van der Waals surface area contributed by atoms with Gasteiger partial charge in [-0.1, -0.05) is 61.2 Å². The lowest BCUT2D eigenvalue weighted by Crippen LogP contribution is -2.27. The number of methoxy groups -OCH3 is 1. The summed E-state index contributed by atoms with van der Waals surface area (Å²) in [6.45, 7) is 3.14. The highest BCUT2D eigenvalue weighted by molar-refractivity contribution is 5.81. The van der Waals surface area contributed by atoms with Gasteiger partial charge in [0.05, 0.1) is 24.9 Å². The summed E-state index contributed by atoms with van der Waals surface area (Å²) in [7, 11) is 1.39. The maximum atomic E-state index is 12.5. The fourth-order valence-electron chi connectivity index (χ4n) is 6.22. The maximum absolute atomic E-state index is 12.5. The number of esters is 2. The molecule has 0 radical (unpaired) electrons. The van der Waals surface area contributed by atoms with Crippen molar-refractivity contribution < 1.29 is 49.0 Å². The summed E-state index contributed by atoms with van der Waals surface area (Å²) in [5, 5.41) is 41.3. The quantitative estimate of drug-likeness (QED) is 0.0282. The molecule has 49 heavy (non-hydrogen) atoms. The Labute approximate surface area is 287 Å². The van der Waals surface area contributed by atoms with Gasteiger partial charge in [0.15, 0.2) is 6.10 Å². The van der Waals surface area contributed by atoms with Crippen molar-refractivity contribution in [1.29, 1.82) is 0 Å². The van der Waals surface area contributed by atoms with E-state index in [-0.39, 0.29) is 31.3 Å². The van der Waals surface area contributed by atoms with E-state index in [1.807, 2.05) is 42.5 Å². The molecule has 2 aromatic rings. The molecule has 7 unspecified atom stereocenters. The molecule has 12 nitrogen and oxygen atoms in total. The molecule has 12 heteroatoms. The van der Waals surface area contributed by atoms with E-state index in [0.717, 1.165) is 12.5 Å². The van der Waals surface area contributed by atoms with Gasteiger partial charge >= 0.3 is 11.9 Å². The van der Waals surface area contributed by atoms with Crippen LogP contribution in [-0.2, 0) is 30.3 Å². The molecule has 1 saturated carbocycles. The number of hydrogen-bond acceptors (Lipinski definition) is 11. The highest BCUT2D eigenvalue weighted by Gasteiger charge is 2.40. The lowest BCUT2D eigenvalue weighted by molar-refractivity contribution is -0.758. The van der Waals surface area contributed by atoms with Crippen molar-refractivity contribution in [3.63, 3.8) is 0 Å². The molecule has 2 aromatic carbocycles. The van der Waals surface area contributed by atoms with Gasteiger partial charge in [-0.15, -0.1) is 10.1 Å². The van der Waals surface area contributed by atoms with Crippen LogP contribution in [0.1, 0.15) is 75.0 Å². The first-order valence-electron chi connectivity index (χ1n) is 16.8. The summed E-state index contributed by atoms with van der Waals surface area (Å²) in [5.41, 5.74) is 1.70. The molecule has 0 heterocycles. The van der Waals surface area contributed by atoms with Crippen LogP contribution in [0.25, 0.3) is 0 Å². The number of unbranched alkanes of at least 4 members (excludes halogenated alkanes) is 1. The number of aliphatic hydroxyl groups is 3. The van der Waals surface area contributed by atoms with Gasteiger partial charge in [0.1, 0.15) is 11.9 Å². The van der Waals surface area contributed by atoms with Crippen molar-refractivity contribution in [2.75, 3.05) is 13.7 Å². The normalized spacial score (nSPS) is 20.7. The molecular formula is C37H49NO11. The number of ether oxygens (including phenoxy) is 3. The highest BCUT2D eigenvalue weighted by atomic mass is 16.9. The van der Waals surface area contributed by atoms with E-state index in [2.05, 4.69) is 11.4 Å². The molecule has 0 aromatic heterocycles. The second kappa shape index (κ2) is 21.1. The molecule has 0 spiro atoms.